The highest BCUT2D eigenvalue weighted by Gasteiger charge is 2.20. The van der Waals surface area contributed by atoms with Gasteiger partial charge in [0.05, 0.1) is 40.6 Å². The molecule has 0 spiro atoms. The Morgan fingerprint density at radius 3 is 1.93 bits per heavy atom. The van der Waals surface area contributed by atoms with Crippen LogP contribution in [0.3, 0.4) is 0 Å². The van der Waals surface area contributed by atoms with Gasteiger partial charge in [0, 0.05) is 0 Å². The summed E-state index contributed by atoms with van der Waals surface area (Å²) < 4.78 is 26.5. The minimum atomic E-state index is -0.442. The van der Waals surface area contributed by atoms with Crippen molar-refractivity contribution in [1.29, 1.82) is 0 Å². The zero-order chi connectivity index (χ0) is 19.8. The van der Waals surface area contributed by atoms with Gasteiger partial charge in [-0.05, 0) is 48.4 Å². The molecular formula is C21H24O6. The number of esters is 1. The number of hydrogen-bond donors (Lipinski definition) is 0. The predicted molar refractivity (Wildman–Crippen MR) is 104 cm³/mol. The normalized spacial score (nSPS) is 10.9. The van der Waals surface area contributed by atoms with Crippen LogP contribution < -0.4 is 18.9 Å². The topological polar surface area (TPSA) is 63.2 Å². The predicted octanol–water partition coefficient (Wildman–Crippen LogP) is 3.82. The molecule has 0 radical (unpaired) electrons. The van der Waals surface area contributed by atoms with Gasteiger partial charge in [0.1, 0.15) is 5.75 Å². The van der Waals surface area contributed by atoms with Gasteiger partial charge in [-0.15, -0.1) is 0 Å². The van der Waals surface area contributed by atoms with Crippen molar-refractivity contribution in [3.05, 3.63) is 47.5 Å². The molecule has 0 bridgehead atoms. The second-order valence-corrected chi connectivity index (χ2v) is 5.47. The van der Waals surface area contributed by atoms with Crippen molar-refractivity contribution >= 4 is 17.6 Å². The van der Waals surface area contributed by atoms with E-state index in [9.17, 15) is 4.79 Å². The molecule has 2 aromatic carbocycles. The van der Waals surface area contributed by atoms with Crippen LogP contribution in [0.4, 0.5) is 0 Å². The molecule has 2 aromatic rings. The van der Waals surface area contributed by atoms with Crippen LogP contribution in [0.25, 0.3) is 11.6 Å². The van der Waals surface area contributed by atoms with E-state index < -0.39 is 5.97 Å². The van der Waals surface area contributed by atoms with Crippen LogP contribution in [0, 0.1) is 0 Å². The highest BCUT2D eigenvalue weighted by molar-refractivity contribution is 6.21. The summed E-state index contributed by atoms with van der Waals surface area (Å²) in [7, 11) is 6.18. The van der Waals surface area contributed by atoms with Crippen LogP contribution in [0.15, 0.2) is 36.4 Å². The number of hydrogen-bond acceptors (Lipinski definition) is 6. The molecule has 0 amide bonds. The third-order valence-electron chi connectivity index (χ3n) is 3.90. The average Bonchev–Trinajstić information content (AvgIpc) is 2.71. The van der Waals surface area contributed by atoms with Crippen molar-refractivity contribution in [3.8, 4) is 23.0 Å². The smallest absolute Gasteiger partial charge is 0.338 e. The maximum Gasteiger partial charge on any atom is 0.338 e. The molecule has 0 saturated heterocycles. The van der Waals surface area contributed by atoms with Crippen molar-refractivity contribution in [2.75, 3.05) is 35.0 Å². The van der Waals surface area contributed by atoms with E-state index >= 15 is 0 Å². The monoisotopic (exact) mass is 372 g/mol. The molecule has 0 aliphatic rings. The first-order chi connectivity index (χ1) is 13.1. The van der Waals surface area contributed by atoms with Gasteiger partial charge >= 0.3 is 5.97 Å². The Balaban J connectivity index is 2.59. The summed E-state index contributed by atoms with van der Waals surface area (Å²) in [4.78, 5) is 12.6. The molecule has 0 aliphatic heterocycles. The summed E-state index contributed by atoms with van der Waals surface area (Å²) in [6.07, 6.45) is 1.75. The summed E-state index contributed by atoms with van der Waals surface area (Å²) in [6, 6.07) is 10.8. The van der Waals surface area contributed by atoms with Gasteiger partial charge in [0.25, 0.3) is 0 Å². The molecule has 0 N–H and O–H groups in total. The molecule has 0 unspecified atom stereocenters. The summed E-state index contributed by atoms with van der Waals surface area (Å²) in [5, 5.41) is 0. The molecule has 0 saturated carbocycles. The quantitative estimate of drug-likeness (QED) is 0.399. The van der Waals surface area contributed by atoms with E-state index in [1.807, 2.05) is 24.3 Å². The number of rotatable bonds is 8. The summed E-state index contributed by atoms with van der Waals surface area (Å²) >= 11 is 0. The Labute approximate surface area is 159 Å². The first-order valence-electron chi connectivity index (χ1n) is 8.41. The van der Waals surface area contributed by atoms with Gasteiger partial charge < -0.3 is 23.7 Å². The Kier molecular flexibility index (Phi) is 7.11. The molecule has 0 fully saturated rings. The van der Waals surface area contributed by atoms with Crippen molar-refractivity contribution in [3.63, 3.8) is 0 Å². The summed E-state index contributed by atoms with van der Waals surface area (Å²) in [5.41, 5.74) is 1.80. The fraction of sp³-hybridized carbons (Fsp3) is 0.286. The van der Waals surface area contributed by atoms with E-state index in [1.54, 1.807) is 32.2 Å². The van der Waals surface area contributed by atoms with Gasteiger partial charge in [0.2, 0.25) is 5.75 Å². The molecular weight excluding hydrogens is 348 g/mol. The molecule has 6 heteroatoms. The van der Waals surface area contributed by atoms with Crippen LogP contribution in [-0.2, 0) is 9.53 Å². The van der Waals surface area contributed by atoms with E-state index in [0.29, 0.717) is 28.4 Å². The molecule has 0 aliphatic carbocycles. The summed E-state index contributed by atoms with van der Waals surface area (Å²) in [6.45, 7) is 2.03. The van der Waals surface area contributed by atoms with Crippen LogP contribution in [0.5, 0.6) is 23.0 Å². The highest BCUT2D eigenvalue weighted by atomic mass is 16.5. The lowest BCUT2D eigenvalue weighted by molar-refractivity contribution is -0.136. The molecule has 0 heterocycles. The van der Waals surface area contributed by atoms with E-state index in [0.717, 1.165) is 11.3 Å². The first kappa shape index (κ1) is 20.2. The number of benzene rings is 2. The lowest BCUT2D eigenvalue weighted by atomic mass is 10.0. The largest absolute Gasteiger partial charge is 0.497 e. The van der Waals surface area contributed by atoms with Crippen molar-refractivity contribution in [2.45, 2.75) is 6.92 Å². The molecule has 0 aromatic heterocycles. The maximum atomic E-state index is 12.6. The second kappa shape index (κ2) is 9.52. The average molecular weight is 372 g/mol. The van der Waals surface area contributed by atoms with Crippen LogP contribution in [0.1, 0.15) is 18.1 Å². The van der Waals surface area contributed by atoms with Gasteiger partial charge in [-0.25, -0.2) is 4.79 Å². The molecule has 0 atom stereocenters. The Bertz CT molecular complexity index is 783. The fourth-order valence-electron chi connectivity index (χ4n) is 2.57. The zero-order valence-corrected chi connectivity index (χ0v) is 16.2. The van der Waals surface area contributed by atoms with Crippen molar-refractivity contribution in [2.24, 2.45) is 0 Å². The van der Waals surface area contributed by atoms with Crippen LogP contribution in [0.2, 0.25) is 0 Å². The minimum Gasteiger partial charge on any atom is -0.497 e. The summed E-state index contributed by atoms with van der Waals surface area (Å²) in [5.74, 6) is 1.66. The van der Waals surface area contributed by atoms with Gasteiger partial charge in [-0.2, -0.15) is 0 Å². The standard InChI is InChI=1S/C21H24O6/c1-6-27-21(22)17(11-14-7-9-16(23-2)10-8-14)15-12-18(24-3)20(26-5)19(13-15)25-4/h7-13H,6H2,1-5H3. The SMILES string of the molecule is CCOC(=O)C(=Cc1ccc(OC)cc1)c1cc(OC)c(OC)c(OC)c1. The lowest BCUT2D eigenvalue weighted by Gasteiger charge is -2.15. The van der Waals surface area contributed by atoms with Crippen LogP contribution in [-0.4, -0.2) is 41.0 Å². The number of carbonyl (C=O) groups is 1. The van der Waals surface area contributed by atoms with Gasteiger partial charge in [-0.1, -0.05) is 12.1 Å². The lowest BCUT2D eigenvalue weighted by Crippen LogP contribution is -2.08. The molecule has 2 rings (SSSR count). The van der Waals surface area contributed by atoms with Crippen molar-refractivity contribution in [1.82, 2.24) is 0 Å². The Hall–Kier alpha value is -3.15. The molecule has 27 heavy (non-hydrogen) atoms. The zero-order valence-electron chi connectivity index (χ0n) is 16.2. The van der Waals surface area contributed by atoms with Crippen LogP contribution >= 0.6 is 0 Å². The molecule has 144 valence electrons. The second-order valence-electron chi connectivity index (χ2n) is 5.47. The first-order valence-corrected chi connectivity index (χ1v) is 8.41. The minimum absolute atomic E-state index is 0.267. The van der Waals surface area contributed by atoms with Crippen molar-refractivity contribution < 1.29 is 28.5 Å². The van der Waals surface area contributed by atoms with E-state index in [2.05, 4.69) is 0 Å². The van der Waals surface area contributed by atoms with E-state index in [1.165, 1.54) is 21.3 Å². The Morgan fingerprint density at radius 1 is 0.889 bits per heavy atom. The Morgan fingerprint density at radius 2 is 1.48 bits per heavy atom. The maximum absolute atomic E-state index is 12.6. The number of methoxy groups -OCH3 is 4. The fourth-order valence-corrected chi connectivity index (χ4v) is 2.57. The van der Waals surface area contributed by atoms with Gasteiger partial charge in [0.15, 0.2) is 11.5 Å². The van der Waals surface area contributed by atoms with E-state index in [4.69, 9.17) is 23.7 Å². The van der Waals surface area contributed by atoms with E-state index in [-0.39, 0.29) is 6.61 Å². The number of carbonyl (C=O) groups excluding carboxylic acids is 1. The molecule has 6 nitrogen and oxygen atoms in total. The van der Waals surface area contributed by atoms with Gasteiger partial charge in [-0.3, -0.25) is 0 Å². The third-order valence-corrected chi connectivity index (χ3v) is 3.90. The highest BCUT2D eigenvalue weighted by Crippen LogP contribution is 2.40. The number of ether oxygens (including phenoxy) is 5. The third kappa shape index (κ3) is 4.73.